The number of benzene rings is 2. The number of hydrogen-bond donors (Lipinski definition) is 1. The molecule has 0 aliphatic heterocycles. The average molecular weight is 358 g/mol. The Labute approximate surface area is 137 Å². The lowest BCUT2D eigenvalue weighted by Crippen LogP contribution is -2.05. The smallest absolute Gasteiger partial charge is 0.247 e. The first-order valence-electron chi connectivity index (χ1n) is 7.10. The molecule has 0 unspecified atom stereocenters. The number of aryl methyl sites for hydroxylation is 1. The van der Waals surface area contributed by atoms with Crippen molar-refractivity contribution in [1.82, 2.24) is 10.2 Å². The topological polar surface area (TPSA) is 51.0 Å². The molecule has 3 rings (SSSR count). The lowest BCUT2D eigenvalue weighted by molar-refractivity contribution is 0.509. The van der Waals surface area contributed by atoms with Gasteiger partial charge in [-0.15, -0.1) is 10.2 Å². The summed E-state index contributed by atoms with van der Waals surface area (Å²) in [6.45, 7) is 2.80. The van der Waals surface area contributed by atoms with Crippen molar-refractivity contribution >= 4 is 21.6 Å². The molecule has 2 aromatic carbocycles. The molecule has 0 aliphatic rings. The van der Waals surface area contributed by atoms with Gasteiger partial charge in [-0.3, -0.25) is 0 Å². The third kappa shape index (κ3) is 3.54. The third-order valence-corrected chi connectivity index (χ3v) is 3.92. The minimum Gasteiger partial charge on any atom is -0.421 e. The Hall–Kier alpha value is -2.14. The van der Waals surface area contributed by atoms with E-state index in [9.17, 15) is 0 Å². The Kier molecular flexibility index (Phi) is 4.53. The van der Waals surface area contributed by atoms with Gasteiger partial charge in [0.15, 0.2) is 0 Å². The quantitative estimate of drug-likeness (QED) is 0.732. The first kappa shape index (κ1) is 14.8. The fourth-order valence-corrected chi connectivity index (χ4v) is 2.75. The molecule has 3 aromatic rings. The maximum absolute atomic E-state index is 5.68. The Morgan fingerprint density at radius 2 is 1.91 bits per heavy atom. The van der Waals surface area contributed by atoms with Gasteiger partial charge in [0.25, 0.3) is 0 Å². The molecule has 1 aromatic heterocycles. The molecular weight excluding hydrogens is 342 g/mol. The molecule has 0 saturated carbocycles. The second kappa shape index (κ2) is 6.75. The van der Waals surface area contributed by atoms with Gasteiger partial charge in [0.05, 0.1) is 0 Å². The summed E-state index contributed by atoms with van der Waals surface area (Å²) in [4.78, 5) is 0. The van der Waals surface area contributed by atoms with E-state index >= 15 is 0 Å². The Balaban J connectivity index is 1.59. The largest absolute Gasteiger partial charge is 0.421 e. The van der Waals surface area contributed by atoms with E-state index in [2.05, 4.69) is 56.6 Å². The molecule has 0 bridgehead atoms. The molecule has 4 nitrogen and oxygen atoms in total. The van der Waals surface area contributed by atoms with Crippen molar-refractivity contribution in [2.75, 3.05) is 11.9 Å². The molecule has 0 atom stereocenters. The second-order valence-electron chi connectivity index (χ2n) is 5.03. The minimum atomic E-state index is 0.562. The molecule has 0 aliphatic carbocycles. The van der Waals surface area contributed by atoms with Gasteiger partial charge in [-0.05, 0) is 52.7 Å². The van der Waals surface area contributed by atoms with Crippen LogP contribution in [0.3, 0.4) is 0 Å². The van der Waals surface area contributed by atoms with Crippen molar-refractivity contribution in [2.24, 2.45) is 0 Å². The van der Waals surface area contributed by atoms with Gasteiger partial charge in [0.2, 0.25) is 11.8 Å². The van der Waals surface area contributed by atoms with Crippen LogP contribution in [0.25, 0.3) is 11.5 Å². The molecule has 0 amide bonds. The van der Waals surface area contributed by atoms with E-state index < -0.39 is 0 Å². The number of hydrogen-bond acceptors (Lipinski definition) is 4. The van der Waals surface area contributed by atoms with Crippen LogP contribution in [-0.2, 0) is 6.42 Å². The highest BCUT2D eigenvalue weighted by Gasteiger charge is 2.08. The van der Waals surface area contributed by atoms with Crippen LogP contribution in [0, 0.1) is 6.92 Å². The standard InChI is InChI=1S/C17H16BrN3O/c1-12-7-8-15(14(18)11-12)19-10-9-16-20-21-17(22-16)13-5-3-2-4-6-13/h2-8,11,19H,9-10H2,1H3. The van der Waals surface area contributed by atoms with Crippen LogP contribution in [0.2, 0.25) is 0 Å². The zero-order valence-electron chi connectivity index (χ0n) is 12.2. The molecule has 0 fully saturated rings. The van der Waals surface area contributed by atoms with Crippen molar-refractivity contribution in [2.45, 2.75) is 13.3 Å². The summed E-state index contributed by atoms with van der Waals surface area (Å²) in [5.41, 5.74) is 3.23. The van der Waals surface area contributed by atoms with Crippen molar-refractivity contribution in [3.8, 4) is 11.5 Å². The number of aromatic nitrogens is 2. The van der Waals surface area contributed by atoms with Crippen LogP contribution in [0.5, 0.6) is 0 Å². The minimum absolute atomic E-state index is 0.562. The summed E-state index contributed by atoms with van der Waals surface area (Å²) in [7, 11) is 0. The molecule has 22 heavy (non-hydrogen) atoms. The van der Waals surface area contributed by atoms with E-state index in [0.717, 1.165) is 22.3 Å². The van der Waals surface area contributed by atoms with Gasteiger partial charge in [-0.1, -0.05) is 24.3 Å². The summed E-state index contributed by atoms with van der Waals surface area (Å²) < 4.78 is 6.74. The Bertz CT molecular complexity index is 756. The molecule has 1 N–H and O–H groups in total. The van der Waals surface area contributed by atoms with Crippen molar-refractivity contribution in [3.05, 3.63) is 64.5 Å². The second-order valence-corrected chi connectivity index (χ2v) is 5.88. The van der Waals surface area contributed by atoms with E-state index in [1.165, 1.54) is 5.56 Å². The van der Waals surface area contributed by atoms with Crippen LogP contribution in [0.15, 0.2) is 57.4 Å². The Morgan fingerprint density at radius 3 is 2.68 bits per heavy atom. The predicted octanol–water partition coefficient (Wildman–Crippen LogP) is 4.46. The van der Waals surface area contributed by atoms with E-state index in [1.807, 2.05) is 30.3 Å². The molecule has 5 heteroatoms. The van der Waals surface area contributed by atoms with Crippen LogP contribution < -0.4 is 5.32 Å². The van der Waals surface area contributed by atoms with Crippen LogP contribution in [-0.4, -0.2) is 16.7 Å². The molecular formula is C17H16BrN3O. The van der Waals surface area contributed by atoms with E-state index in [1.54, 1.807) is 0 Å². The zero-order valence-corrected chi connectivity index (χ0v) is 13.8. The number of rotatable bonds is 5. The highest BCUT2D eigenvalue weighted by Crippen LogP contribution is 2.23. The first-order chi connectivity index (χ1) is 10.7. The number of halogens is 1. The normalized spacial score (nSPS) is 10.6. The van der Waals surface area contributed by atoms with Crippen molar-refractivity contribution in [3.63, 3.8) is 0 Å². The van der Waals surface area contributed by atoms with Gasteiger partial charge >= 0.3 is 0 Å². The first-order valence-corrected chi connectivity index (χ1v) is 7.89. The fraction of sp³-hybridized carbons (Fsp3) is 0.176. The molecule has 0 spiro atoms. The van der Waals surface area contributed by atoms with Crippen molar-refractivity contribution < 1.29 is 4.42 Å². The lowest BCUT2D eigenvalue weighted by Gasteiger charge is -2.07. The summed E-state index contributed by atoms with van der Waals surface area (Å²) in [5.74, 6) is 1.20. The third-order valence-electron chi connectivity index (χ3n) is 3.27. The summed E-state index contributed by atoms with van der Waals surface area (Å²) in [6.07, 6.45) is 0.681. The summed E-state index contributed by atoms with van der Waals surface area (Å²) in [6, 6.07) is 16.0. The molecule has 112 valence electrons. The monoisotopic (exact) mass is 357 g/mol. The van der Waals surface area contributed by atoms with Gasteiger partial charge in [-0.25, -0.2) is 0 Å². The molecule has 0 saturated heterocycles. The van der Waals surface area contributed by atoms with E-state index in [4.69, 9.17) is 4.42 Å². The Morgan fingerprint density at radius 1 is 1.09 bits per heavy atom. The van der Waals surface area contributed by atoms with Crippen LogP contribution in [0.4, 0.5) is 5.69 Å². The highest BCUT2D eigenvalue weighted by molar-refractivity contribution is 9.10. The van der Waals surface area contributed by atoms with E-state index in [-0.39, 0.29) is 0 Å². The summed E-state index contributed by atoms with van der Waals surface area (Å²) >= 11 is 3.55. The average Bonchev–Trinajstić information content (AvgIpc) is 2.99. The van der Waals surface area contributed by atoms with E-state index in [0.29, 0.717) is 18.2 Å². The van der Waals surface area contributed by atoms with Gasteiger partial charge < -0.3 is 9.73 Å². The number of nitrogens with zero attached hydrogens (tertiary/aromatic N) is 2. The van der Waals surface area contributed by atoms with Gasteiger partial charge in [0, 0.05) is 28.7 Å². The highest BCUT2D eigenvalue weighted by atomic mass is 79.9. The zero-order chi connectivity index (χ0) is 15.4. The fourth-order valence-electron chi connectivity index (χ4n) is 2.12. The number of nitrogens with one attached hydrogen (secondary N) is 1. The lowest BCUT2D eigenvalue weighted by atomic mass is 10.2. The SMILES string of the molecule is Cc1ccc(NCCc2nnc(-c3ccccc3)o2)c(Br)c1. The van der Waals surface area contributed by atoms with Gasteiger partial charge in [0.1, 0.15) is 0 Å². The maximum atomic E-state index is 5.68. The predicted molar refractivity (Wildman–Crippen MR) is 90.8 cm³/mol. The van der Waals surface area contributed by atoms with Gasteiger partial charge in [-0.2, -0.15) is 0 Å². The van der Waals surface area contributed by atoms with Crippen molar-refractivity contribution in [1.29, 1.82) is 0 Å². The number of anilines is 1. The van der Waals surface area contributed by atoms with Crippen LogP contribution >= 0.6 is 15.9 Å². The summed E-state index contributed by atoms with van der Waals surface area (Å²) in [5, 5.41) is 11.5. The molecule has 1 heterocycles. The molecule has 0 radical (unpaired) electrons. The maximum Gasteiger partial charge on any atom is 0.247 e. The van der Waals surface area contributed by atoms with Crippen LogP contribution in [0.1, 0.15) is 11.5 Å².